The first-order valence-electron chi connectivity index (χ1n) is 9.10. The second kappa shape index (κ2) is 9.18. The molecule has 3 aromatic carbocycles. The van der Waals surface area contributed by atoms with Crippen molar-refractivity contribution < 1.29 is 23.7 Å². The molecule has 0 aliphatic carbocycles. The zero-order valence-electron chi connectivity index (χ0n) is 16.9. The van der Waals surface area contributed by atoms with Gasteiger partial charge >= 0.3 is 0 Å². The van der Waals surface area contributed by atoms with Crippen molar-refractivity contribution in [3.63, 3.8) is 0 Å². The highest BCUT2D eigenvalue weighted by Crippen LogP contribution is 2.49. The summed E-state index contributed by atoms with van der Waals surface area (Å²) in [6, 6.07) is 13.6. The van der Waals surface area contributed by atoms with Gasteiger partial charge in [0.25, 0.3) is 0 Å². The molecule has 0 bridgehead atoms. The van der Waals surface area contributed by atoms with Crippen LogP contribution in [0.4, 0.5) is 0 Å². The summed E-state index contributed by atoms with van der Waals surface area (Å²) in [4.78, 5) is 11.8. The Morgan fingerprint density at radius 1 is 0.931 bits per heavy atom. The van der Waals surface area contributed by atoms with Gasteiger partial charge in [-0.3, -0.25) is 4.79 Å². The highest BCUT2D eigenvalue weighted by atomic mass is 79.9. The number of carbonyl (C=O) groups is 1. The van der Waals surface area contributed by atoms with Crippen LogP contribution in [-0.4, -0.2) is 27.1 Å². The molecule has 3 rings (SSSR count). The molecule has 0 amide bonds. The molecule has 0 saturated carbocycles. The molecule has 0 unspecified atom stereocenters. The Bertz CT molecular complexity index is 1030. The van der Waals surface area contributed by atoms with Gasteiger partial charge in [-0.05, 0) is 40.0 Å². The first-order valence-corrected chi connectivity index (χ1v) is 9.89. The van der Waals surface area contributed by atoms with Gasteiger partial charge < -0.3 is 18.9 Å². The van der Waals surface area contributed by atoms with E-state index in [9.17, 15) is 4.79 Å². The van der Waals surface area contributed by atoms with E-state index < -0.39 is 0 Å². The Morgan fingerprint density at radius 3 is 2.21 bits per heavy atom. The predicted octanol–water partition coefficient (Wildman–Crippen LogP) is 5.34. The van der Waals surface area contributed by atoms with Crippen molar-refractivity contribution in [1.29, 1.82) is 0 Å². The average Bonchev–Trinajstić information content (AvgIpc) is 2.72. The molecule has 0 fully saturated rings. The van der Waals surface area contributed by atoms with E-state index in [1.54, 1.807) is 34.3 Å². The van der Waals surface area contributed by atoms with Gasteiger partial charge in [0.2, 0.25) is 0 Å². The lowest BCUT2D eigenvalue weighted by Gasteiger charge is -2.20. The fraction of sp³-hybridized carbons (Fsp3) is 0.261. The lowest BCUT2D eigenvalue weighted by molar-refractivity contribution is -0.116. The Labute approximate surface area is 178 Å². The van der Waals surface area contributed by atoms with Gasteiger partial charge in [0, 0.05) is 17.9 Å². The first-order chi connectivity index (χ1) is 14.0. The van der Waals surface area contributed by atoms with Crippen LogP contribution in [0.1, 0.15) is 18.1 Å². The van der Waals surface area contributed by atoms with Crippen molar-refractivity contribution in [1.82, 2.24) is 0 Å². The number of fused-ring (bicyclic) bond motifs is 1. The molecule has 0 atom stereocenters. The molecule has 152 valence electrons. The minimum absolute atomic E-state index is 0.0505. The van der Waals surface area contributed by atoms with Gasteiger partial charge in [-0.1, -0.05) is 30.3 Å². The van der Waals surface area contributed by atoms with Crippen LogP contribution in [0.2, 0.25) is 0 Å². The summed E-state index contributed by atoms with van der Waals surface area (Å²) in [5, 5.41) is 1.51. The number of hydrogen-bond acceptors (Lipinski definition) is 5. The molecule has 0 heterocycles. The predicted molar refractivity (Wildman–Crippen MR) is 116 cm³/mol. The van der Waals surface area contributed by atoms with Gasteiger partial charge in [-0.2, -0.15) is 0 Å². The molecule has 0 N–H and O–H groups in total. The maximum Gasteiger partial charge on any atom is 0.168 e. The van der Waals surface area contributed by atoms with Crippen molar-refractivity contribution in [3.8, 4) is 23.0 Å². The maximum absolute atomic E-state index is 11.8. The van der Waals surface area contributed by atoms with Gasteiger partial charge in [0.05, 0.1) is 31.2 Å². The van der Waals surface area contributed by atoms with E-state index in [2.05, 4.69) is 15.9 Å². The monoisotopic (exact) mass is 458 g/mol. The molecule has 6 heteroatoms. The lowest BCUT2D eigenvalue weighted by atomic mass is 10.0. The molecule has 3 aromatic rings. The number of methoxy groups -OCH3 is 3. The largest absolute Gasteiger partial charge is 0.495 e. The van der Waals surface area contributed by atoms with Crippen LogP contribution in [0, 0.1) is 0 Å². The number of rotatable bonds is 8. The summed E-state index contributed by atoms with van der Waals surface area (Å²) in [6.07, 6.45) is 0.271. The molecule has 0 aliphatic heterocycles. The summed E-state index contributed by atoms with van der Waals surface area (Å²) >= 11 is 3.60. The number of hydrogen-bond donors (Lipinski definition) is 0. The molecule has 0 aliphatic rings. The summed E-state index contributed by atoms with van der Waals surface area (Å²) in [5.74, 6) is 2.34. The standard InChI is InChI=1S/C23H23BrO5/c1-14(25)10-16-11-17-20(23(28-4)21(16)24)18(12-19(26-2)22(17)27-3)29-13-15-8-6-5-7-9-15/h5-9,11-12H,10,13H2,1-4H3. The van der Waals surface area contributed by atoms with Crippen molar-refractivity contribution >= 4 is 32.5 Å². The zero-order chi connectivity index (χ0) is 21.0. The molecular formula is C23H23BrO5. The Hall–Kier alpha value is -2.73. The fourth-order valence-electron chi connectivity index (χ4n) is 3.30. The van der Waals surface area contributed by atoms with Crippen molar-refractivity contribution in [2.45, 2.75) is 20.0 Å². The SMILES string of the molecule is COc1cc(OCc2ccccc2)c2c(OC)c(Br)c(CC(C)=O)cc2c1OC. The van der Waals surface area contributed by atoms with E-state index in [1.807, 2.05) is 36.4 Å². The average molecular weight is 459 g/mol. The van der Waals surface area contributed by atoms with E-state index in [4.69, 9.17) is 18.9 Å². The molecule has 29 heavy (non-hydrogen) atoms. The van der Waals surface area contributed by atoms with Crippen LogP contribution < -0.4 is 18.9 Å². The van der Waals surface area contributed by atoms with Gasteiger partial charge in [-0.25, -0.2) is 0 Å². The van der Waals surface area contributed by atoms with E-state index >= 15 is 0 Å². The summed E-state index contributed by atoms with van der Waals surface area (Å²) in [6.45, 7) is 1.95. The van der Waals surface area contributed by atoms with Crippen molar-refractivity contribution in [2.24, 2.45) is 0 Å². The van der Waals surface area contributed by atoms with E-state index in [-0.39, 0.29) is 12.2 Å². The third-order valence-electron chi connectivity index (χ3n) is 4.58. The smallest absolute Gasteiger partial charge is 0.168 e. The third kappa shape index (κ3) is 4.32. The van der Waals surface area contributed by atoms with E-state index in [1.165, 1.54) is 0 Å². The minimum atomic E-state index is 0.0505. The summed E-state index contributed by atoms with van der Waals surface area (Å²) in [5.41, 5.74) is 1.85. The fourth-order valence-corrected chi connectivity index (χ4v) is 3.92. The summed E-state index contributed by atoms with van der Waals surface area (Å²) < 4.78 is 23.8. The highest BCUT2D eigenvalue weighted by molar-refractivity contribution is 9.10. The van der Waals surface area contributed by atoms with Crippen LogP contribution in [0.3, 0.4) is 0 Å². The van der Waals surface area contributed by atoms with Gasteiger partial charge in [-0.15, -0.1) is 0 Å². The van der Waals surface area contributed by atoms with E-state index in [0.717, 1.165) is 26.4 Å². The number of halogens is 1. The molecule has 0 saturated heterocycles. The van der Waals surface area contributed by atoms with Crippen molar-refractivity contribution in [2.75, 3.05) is 21.3 Å². The molecule has 0 aromatic heterocycles. The molecule has 0 spiro atoms. The van der Waals surface area contributed by atoms with Gasteiger partial charge in [0.15, 0.2) is 11.5 Å². The number of ether oxygens (including phenoxy) is 4. The second-order valence-corrected chi connectivity index (χ2v) is 7.36. The van der Waals surface area contributed by atoms with E-state index in [0.29, 0.717) is 29.6 Å². The maximum atomic E-state index is 11.8. The minimum Gasteiger partial charge on any atom is -0.495 e. The number of ketones is 1. The number of carbonyl (C=O) groups excluding carboxylic acids is 1. The second-order valence-electron chi connectivity index (χ2n) is 6.57. The number of benzene rings is 3. The van der Waals surface area contributed by atoms with Crippen LogP contribution >= 0.6 is 15.9 Å². The van der Waals surface area contributed by atoms with Crippen molar-refractivity contribution in [3.05, 3.63) is 58.1 Å². The Morgan fingerprint density at radius 2 is 1.62 bits per heavy atom. The van der Waals surface area contributed by atoms with Crippen LogP contribution in [0.25, 0.3) is 10.8 Å². The quantitative estimate of drug-likeness (QED) is 0.455. The Balaban J connectivity index is 2.24. The van der Waals surface area contributed by atoms with Crippen LogP contribution in [0.15, 0.2) is 46.9 Å². The van der Waals surface area contributed by atoms with Gasteiger partial charge in [0.1, 0.15) is 23.9 Å². The summed E-state index contributed by atoms with van der Waals surface area (Å²) in [7, 11) is 4.76. The zero-order valence-corrected chi connectivity index (χ0v) is 18.5. The van der Waals surface area contributed by atoms with Crippen LogP contribution in [-0.2, 0) is 17.8 Å². The normalized spacial score (nSPS) is 10.7. The molecule has 5 nitrogen and oxygen atoms in total. The topological polar surface area (TPSA) is 54.0 Å². The third-order valence-corrected chi connectivity index (χ3v) is 5.45. The Kier molecular flexibility index (Phi) is 6.64. The molecule has 0 radical (unpaired) electrons. The van der Waals surface area contributed by atoms with Crippen LogP contribution in [0.5, 0.6) is 23.0 Å². The highest BCUT2D eigenvalue weighted by Gasteiger charge is 2.23. The lowest BCUT2D eigenvalue weighted by Crippen LogP contribution is -2.03. The molecular weight excluding hydrogens is 436 g/mol. The first kappa shape index (κ1) is 21.0. The number of Topliss-reactive ketones (excluding diaryl/α,β-unsaturated/α-hetero) is 1.